The van der Waals surface area contributed by atoms with Gasteiger partial charge in [-0.05, 0) is 41.2 Å². The molecular formula is C18H28OSi. The summed E-state index contributed by atoms with van der Waals surface area (Å²) in [5.41, 5.74) is 6.67. The van der Waals surface area contributed by atoms with Gasteiger partial charge in [0.15, 0.2) is 8.07 Å². The third-order valence-electron chi connectivity index (χ3n) is 4.29. The summed E-state index contributed by atoms with van der Waals surface area (Å²) in [6.07, 6.45) is 3.03. The molecule has 2 heteroatoms. The van der Waals surface area contributed by atoms with Crippen molar-refractivity contribution in [3.8, 4) is 17.4 Å². The molecule has 1 aromatic carbocycles. The first kappa shape index (κ1) is 16.9. The highest BCUT2D eigenvalue weighted by Crippen LogP contribution is 2.40. The van der Waals surface area contributed by atoms with E-state index in [1.54, 1.807) is 0 Å². The molecule has 0 saturated heterocycles. The molecule has 1 nitrogen and oxygen atoms in total. The van der Waals surface area contributed by atoms with Gasteiger partial charge < -0.3 is 4.74 Å². The molecule has 0 saturated carbocycles. The molecule has 0 fully saturated rings. The van der Waals surface area contributed by atoms with E-state index in [1.165, 1.54) is 5.56 Å². The molecular weight excluding hydrogens is 260 g/mol. The Labute approximate surface area is 125 Å². The maximum Gasteiger partial charge on any atom is 0.150 e. The highest BCUT2D eigenvalue weighted by molar-refractivity contribution is 6.90. The number of hydrogen-bond donors (Lipinski definition) is 0. The smallest absolute Gasteiger partial charge is 0.150 e. The van der Waals surface area contributed by atoms with Crippen LogP contribution in [0.1, 0.15) is 47.1 Å². The Kier molecular flexibility index (Phi) is 5.89. The predicted molar refractivity (Wildman–Crippen MR) is 90.6 cm³/mol. The molecule has 0 atom stereocenters. The Balaban J connectivity index is 3.00. The second-order valence-corrected chi connectivity index (χ2v) is 12.1. The van der Waals surface area contributed by atoms with Crippen molar-refractivity contribution in [1.29, 1.82) is 0 Å². The van der Waals surface area contributed by atoms with Crippen molar-refractivity contribution in [2.45, 2.75) is 65.1 Å². The van der Waals surface area contributed by atoms with Crippen LogP contribution >= 0.6 is 0 Å². The number of benzene rings is 1. The number of aryl methyl sites for hydroxylation is 1. The third kappa shape index (κ3) is 3.67. The minimum atomic E-state index is -1.68. The van der Waals surface area contributed by atoms with E-state index in [0.717, 1.165) is 5.75 Å². The number of rotatable bonds is 4. The van der Waals surface area contributed by atoms with Gasteiger partial charge in [0, 0.05) is 0 Å². The zero-order valence-electron chi connectivity index (χ0n) is 13.9. The van der Waals surface area contributed by atoms with Gasteiger partial charge in [0.25, 0.3) is 0 Å². The van der Waals surface area contributed by atoms with Gasteiger partial charge in [-0.3, -0.25) is 0 Å². The molecule has 0 spiro atoms. The normalized spacial score (nSPS) is 11.7. The van der Waals surface area contributed by atoms with E-state index in [9.17, 15) is 0 Å². The molecule has 0 aliphatic heterocycles. The van der Waals surface area contributed by atoms with Gasteiger partial charge in [-0.1, -0.05) is 59.2 Å². The molecule has 0 aliphatic rings. The van der Waals surface area contributed by atoms with Crippen molar-refractivity contribution in [2.75, 3.05) is 0 Å². The first-order valence-electron chi connectivity index (χ1n) is 7.56. The summed E-state index contributed by atoms with van der Waals surface area (Å²) >= 11 is 0. The molecule has 0 radical (unpaired) electrons. The van der Waals surface area contributed by atoms with Gasteiger partial charge >= 0.3 is 0 Å². The van der Waals surface area contributed by atoms with Gasteiger partial charge in [-0.2, -0.15) is 0 Å². The van der Waals surface area contributed by atoms with Crippen molar-refractivity contribution >= 4 is 8.07 Å². The molecule has 0 aromatic heterocycles. The van der Waals surface area contributed by atoms with Crippen LogP contribution < -0.4 is 4.74 Å². The maximum atomic E-state index is 5.67. The van der Waals surface area contributed by atoms with E-state index in [0.29, 0.717) is 16.6 Å². The van der Waals surface area contributed by atoms with Crippen LogP contribution in [0.3, 0.4) is 0 Å². The number of hydrogen-bond acceptors (Lipinski definition) is 1. The van der Waals surface area contributed by atoms with E-state index in [-0.39, 0.29) is 0 Å². The van der Waals surface area contributed by atoms with Crippen molar-refractivity contribution in [2.24, 2.45) is 0 Å². The van der Waals surface area contributed by atoms with Crippen LogP contribution in [0.4, 0.5) is 0 Å². The third-order valence-corrected chi connectivity index (χ3v) is 10.6. The molecule has 0 unspecified atom stereocenters. The van der Waals surface area contributed by atoms with E-state index in [4.69, 9.17) is 4.74 Å². The lowest BCUT2D eigenvalue weighted by Gasteiger charge is -2.37. The Morgan fingerprint density at radius 3 is 1.95 bits per heavy atom. The first-order valence-corrected chi connectivity index (χ1v) is 9.79. The fourth-order valence-corrected chi connectivity index (χ4v) is 8.38. The van der Waals surface area contributed by atoms with E-state index >= 15 is 0 Å². The largest absolute Gasteiger partial charge is 0.408 e. The molecule has 0 N–H and O–H groups in total. The van der Waals surface area contributed by atoms with Gasteiger partial charge in [0.2, 0.25) is 0 Å². The van der Waals surface area contributed by atoms with Crippen molar-refractivity contribution < 1.29 is 4.74 Å². The summed E-state index contributed by atoms with van der Waals surface area (Å²) in [6, 6.07) is 8.06. The minimum absolute atomic E-state index is 0.635. The first-order chi connectivity index (χ1) is 9.30. The SMILES string of the molecule is Cc1cccc(OC#C[Si](C(C)C)(C(C)C)C(C)C)c1. The second kappa shape index (κ2) is 6.99. The summed E-state index contributed by atoms with van der Waals surface area (Å²) in [5, 5.41) is 0. The maximum absolute atomic E-state index is 5.67. The predicted octanol–water partition coefficient (Wildman–Crippen LogP) is 5.55. The number of ether oxygens (including phenoxy) is 1. The lowest BCUT2D eigenvalue weighted by atomic mass is 10.2. The van der Waals surface area contributed by atoms with Crippen molar-refractivity contribution in [3.05, 3.63) is 29.8 Å². The van der Waals surface area contributed by atoms with Gasteiger partial charge in [0.1, 0.15) is 11.9 Å². The molecule has 1 aromatic rings. The molecule has 110 valence electrons. The monoisotopic (exact) mass is 288 g/mol. The summed E-state index contributed by atoms with van der Waals surface area (Å²) in [4.78, 5) is 0. The van der Waals surface area contributed by atoms with Gasteiger partial charge in [0.05, 0.1) is 0 Å². The highest BCUT2D eigenvalue weighted by Gasteiger charge is 2.42. The summed E-state index contributed by atoms with van der Waals surface area (Å²) < 4.78 is 5.67. The Bertz CT molecular complexity index is 470. The van der Waals surface area contributed by atoms with Crippen molar-refractivity contribution in [3.63, 3.8) is 0 Å². The Morgan fingerprint density at radius 2 is 1.50 bits per heavy atom. The zero-order valence-corrected chi connectivity index (χ0v) is 14.9. The molecule has 0 amide bonds. The van der Waals surface area contributed by atoms with Gasteiger partial charge in [-0.25, -0.2) is 0 Å². The molecule has 0 aliphatic carbocycles. The lowest BCUT2D eigenvalue weighted by molar-refractivity contribution is 0.519. The minimum Gasteiger partial charge on any atom is -0.408 e. The fraction of sp³-hybridized carbons (Fsp3) is 0.556. The Hall–Kier alpha value is -1.20. The average Bonchev–Trinajstić information content (AvgIpc) is 2.33. The van der Waals surface area contributed by atoms with Crippen LogP contribution in [0, 0.1) is 18.6 Å². The summed E-state index contributed by atoms with van der Waals surface area (Å²) in [5.74, 6) is 0.844. The van der Waals surface area contributed by atoms with Crippen molar-refractivity contribution in [1.82, 2.24) is 0 Å². The second-order valence-electron chi connectivity index (χ2n) is 6.54. The van der Waals surface area contributed by atoms with Crippen LogP contribution in [0.2, 0.25) is 16.6 Å². The quantitative estimate of drug-likeness (QED) is 0.521. The fourth-order valence-electron chi connectivity index (χ4n) is 3.28. The van der Waals surface area contributed by atoms with E-state index in [1.807, 2.05) is 18.2 Å². The summed E-state index contributed by atoms with van der Waals surface area (Å²) in [6.45, 7) is 15.9. The van der Waals surface area contributed by atoms with Crippen LogP contribution in [-0.2, 0) is 0 Å². The summed E-state index contributed by atoms with van der Waals surface area (Å²) in [7, 11) is -1.68. The van der Waals surface area contributed by atoms with Crippen LogP contribution in [0.5, 0.6) is 5.75 Å². The van der Waals surface area contributed by atoms with E-state index < -0.39 is 8.07 Å². The molecule has 20 heavy (non-hydrogen) atoms. The van der Waals surface area contributed by atoms with Crippen LogP contribution in [0.25, 0.3) is 0 Å². The molecule has 0 heterocycles. The topological polar surface area (TPSA) is 9.23 Å². The van der Waals surface area contributed by atoms with Crippen LogP contribution in [-0.4, -0.2) is 8.07 Å². The molecule has 0 bridgehead atoms. The average molecular weight is 289 g/mol. The highest BCUT2D eigenvalue weighted by atomic mass is 28.3. The standard InChI is InChI=1S/C18H28OSi/c1-14(2)20(15(3)4,16(5)6)12-11-19-18-10-8-9-17(7)13-18/h8-10,13-16H,1-7H3. The molecule has 1 rings (SSSR count). The zero-order chi connectivity index (χ0) is 15.3. The van der Waals surface area contributed by atoms with Gasteiger partial charge in [-0.15, -0.1) is 0 Å². The Morgan fingerprint density at radius 1 is 0.950 bits per heavy atom. The van der Waals surface area contributed by atoms with Crippen LogP contribution in [0.15, 0.2) is 24.3 Å². The lowest BCUT2D eigenvalue weighted by Crippen LogP contribution is -2.43. The van der Waals surface area contributed by atoms with E-state index in [2.05, 4.69) is 66.2 Å².